The van der Waals surface area contributed by atoms with Gasteiger partial charge in [0.1, 0.15) is 17.5 Å². The second-order valence-corrected chi connectivity index (χ2v) is 13.8. The van der Waals surface area contributed by atoms with Crippen molar-refractivity contribution in [3.05, 3.63) is 59.4 Å². The molecular formula is C28H37F3Si. The van der Waals surface area contributed by atoms with Crippen molar-refractivity contribution in [2.45, 2.75) is 88.8 Å². The molecule has 0 radical (unpaired) electrons. The summed E-state index contributed by atoms with van der Waals surface area (Å²) in [6.07, 6.45) is 11.5. The quantitative estimate of drug-likeness (QED) is 0.363. The summed E-state index contributed by atoms with van der Waals surface area (Å²) in [5.41, 5.74) is 1.10. The smallest absolute Gasteiger partial charge is 0.134 e. The SMILES string of the molecule is CCC[Si@H]1CC[C@H](CC[C@H]2CC[C@H](c3cc(F)c(-c4ccc(F)cc4)c(F)c3)CC2)CC1. The monoisotopic (exact) mass is 458 g/mol. The lowest BCUT2D eigenvalue weighted by Gasteiger charge is -2.32. The van der Waals surface area contributed by atoms with Crippen LogP contribution in [0.15, 0.2) is 36.4 Å². The van der Waals surface area contributed by atoms with Crippen molar-refractivity contribution >= 4 is 8.80 Å². The second kappa shape index (κ2) is 11.0. The normalized spacial score (nSPS) is 26.2. The van der Waals surface area contributed by atoms with Gasteiger partial charge in [-0.3, -0.25) is 0 Å². The lowest BCUT2D eigenvalue weighted by molar-refractivity contribution is 0.279. The maximum Gasteiger partial charge on any atom is 0.134 e. The summed E-state index contributed by atoms with van der Waals surface area (Å²) in [7, 11) is -0.380. The zero-order chi connectivity index (χ0) is 22.5. The lowest BCUT2D eigenvalue weighted by atomic mass is 9.76. The Kier molecular flexibility index (Phi) is 8.15. The first-order chi connectivity index (χ1) is 15.5. The van der Waals surface area contributed by atoms with Crippen molar-refractivity contribution in [3.8, 4) is 11.1 Å². The Bertz CT molecular complexity index is 840. The second-order valence-electron chi connectivity index (χ2n) is 10.3. The highest BCUT2D eigenvalue weighted by atomic mass is 28.3. The Morgan fingerprint density at radius 1 is 0.781 bits per heavy atom. The van der Waals surface area contributed by atoms with Crippen molar-refractivity contribution in [2.24, 2.45) is 11.8 Å². The summed E-state index contributed by atoms with van der Waals surface area (Å²) in [5.74, 6) is 0.481. The van der Waals surface area contributed by atoms with E-state index >= 15 is 0 Å². The Labute approximate surface area is 193 Å². The molecule has 0 aromatic heterocycles. The van der Waals surface area contributed by atoms with E-state index in [-0.39, 0.29) is 20.3 Å². The van der Waals surface area contributed by atoms with Gasteiger partial charge in [-0.05, 0) is 78.8 Å². The van der Waals surface area contributed by atoms with Crippen LogP contribution in [0.3, 0.4) is 0 Å². The van der Waals surface area contributed by atoms with Crippen LogP contribution in [0.2, 0.25) is 18.1 Å². The van der Waals surface area contributed by atoms with Gasteiger partial charge in [0.25, 0.3) is 0 Å². The zero-order valence-corrected chi connectivity index (χ0v) is 20.5. The highest BCUT2D eigenvalue weighted by molar-refractivity contribution is 6.58. The molecule has 1 saturated carbocycles. The van der Waals surface area contributed by atoms with Gasteiger partial charge in [0.2, 0.25) is 0 Å². The molecule has 2 aromatic carbocycles. The third kappa shape index (κ3) is 5.87. The summed E-state index contributed by atoms with van der Waals surface area (Å²) in [5, 5.41) is 0. The third-order valence-electron chi connectivity index (χ3n) is 8.16. The molecule has 4 heteroatoms. The third-order valence-corrected chi connectivity index (χ3v) is 11.9. The van der Waals surface area contributed by atoms with E-state index < -0.39 is 17.5 Å². The predicted molar refractivity (Wildman–Crippen MR) is 130 cm³/mol. The highest BCUT2D eigenvalue weighted by Crippen LogP contribution is 2.41. The Morgan fingerprint density at radius 3 is 1.91 bits per heavy atom. The molecule has 0 amide bonds. The molecule has 1 saturated heterocycles. The van der Waals surface area contributed by atoms with E-state index in [4.69, 9.17) is 0 Å². The minimum atomic E-state index is -0.545. The fraction of sp³-hybridized carbons (Fsp3) is 0.571. The number of halogens is 3. The van der Waals surface area contributed by atoms with Crippen molar-refractivity contribution in [3.63, 3.8) is 0 Å². The molecule has 0 N–H and O–H groups in total. The number of benzene rings is 2. The van der Waals surface area contributed by atoms with Crippen molar-refractivity contribution in [1.82, 2.24) is 0 Å². The minimum absolute atomic E-state index is 0.0563. The fourth-order valence-corrected chi connectivity index (χ4v) is 9.76. The topological polar surface area (TPSA) is 0 Å². The van der Waals surface area contributed by atoms with E-state index in [0.29, 0.717) is 5.56 Å². The van der Waals surface area contributed by atoms with E-state index in [0.717, 1.165) is 30.2 Å². The minimum Gasteiger partial charge on any atom is -0.207 e. The van der Waals surface area contributed by atoms with Gasteiger partial charge in [-0.2, -0.15) is 0 Å². The van der Waals surface area contributed by atoms with Crippen LogP contribution in [0.4, 0.5) is 13.2 Å². The molecule has 32 heavy (non-hydrogen) atoms. The van der Waals surface area contributed by atoms with Gasteiger partial charge in [0, 0.05) is 8.80 Å². The van der Waals surface area contributed by atoms with Crippen LogP contribution in [0.25, 0.3) is 11.1 Å². The lowest BCUT2D eigenvalue weighted by Crippen LogP contribution is -2.22. The first-order valence-electron chi connectivity index (χ1n) is 12.8. The standard InChI is InChI=1S/C28H37F3Si/c1-2-15-32-16-13-21(14-17-32)4-3-20-5-7-22(8-6-20)24-18-26(30)28(27(31)19-24)23-9-11-25(29)12-10-23/h9-12,18-22,32H,2-8,13-17H2,1H3/t20-,21-,22-,32-. The van der Waals surface area contributed by atoms with E-state index in [9.17, 15) is 13.2 Å². The van der Waals surface area contributed by atoms with Gasteiger partial charge in [0.05, 0.1) is 5.56 Å². The summed E-state index contributed by atoms with van der Waals surface area (Å²) in [4.78, 5) is 0. The molecule has 1 aliphatic heterocycles. The molecule has 0 spiro atoms. The van der Waals surface area contributed by atoms with Gasteiger partial charge in [0.15, 0.2) is 0 Å². The van der Waals surface area contributed by atoms with Gasteiger partial charge in [-0.25, -0.2) is 13.2 Å². The number of hydrogen-bond donors (Lipinski definition) is 0. The molecule has 1 aliphatic carbocycles. The zero-order valence-electron chi connectivity index (χ0n) is 19.4. The summed E-state index contributed by atoms with van der Waals surface area (Å²) < 4.78 is 42.8. The van der Waals surface area contributed by atoms with Gasteiger partial charge in [-0.15, -0.1) is 0 Å². The summed E-state index contributed by atoms with van der Waals surface area (Å²) in [6.45, 7) is 2.33. The highest BCUT2D eigenvalue weighted by Gasteiger charge is 2.26. The predicted octanol–water partition coefficient (Wildman–Crippen LogP) is 8.87. The molecular weight excluding hydrogens is 421 g/mol. The van der Waals surface area contributed by atoms with E-state index in [2.05, 4.69) is 6.92 Å². The van der Waals surface area contributed by atoms with Crippen LogP contribution in [-0.2, 0) is 0 Å². The molecule has 2 aromatic rings. The Balaban J connectivity index is 1.28. The van der Waals surface area contributed by atoms with Gasteiger partial charge >= 0.3 is 0 Å². The van der Waals surface area contributed by atoms with Crippen LogP contribution < -0.4 is 0 Å². The fourth-order valence-electron chi connectivity index (χ4n) is 6.19. The average molecular weight is 459 g/mol. The maximum atomic E-state index is 14.8. The molecule has 4 rings (SSSR count). The van der Waals surface area contributed by atoms with Crippen LogP contribution in [0.5, 0.6) is 0 Å². The number of hydrogen-bond acceptors (Lipinski definition) is 0. The van der Waals surface area contributed by atoms with Crippen LogP contribution >= 0.6 is 0 Å². The van der Waals surface area contributed by atoms with Gasteiger partial charge < -0.3 is 0 Å². The molecule has 0 bridgehead atoms. The first kappa shape index (κ1) is 23.6. The Hall–Kier alpha value is -1.55. The van der Waals surface area contributed by atoms with Crippen molar-refractivity contribution in [1.29, 1.82) is 0 Å². The first-order valence-corrected chi connectivity index (χ1v) is 15.2. The molecule has 174 valence electrons. The van der Waals surface area contributed by atoms with Crippen molar-refractivity contribution in [2.75, 3.05) is 0 Å². The summed E-state index contributed by atoms with van der Waals surface area (Å²) in [6, 6.07) is 13.0. The average Bonchev–Trinajstić information content (AvgIpc) is 2.80. The van der Waals surface area contributed by atoms with Crippen molar-refractivity contribution < 1.29 is 13.2 Å². The molecule has 2 fully saturated rings. The molecule has 2 aliphatic rings. The van der Waals surface area contributed by atoms with Crippen LogP contribution in [0, 0.1) is 29.3 Å². The van der Waals surface area contributed by atoms with E-state index in [1.54, 1.807) is 18.1 Å². The van der Waals surface area contributed by atoms with Gasteiger partial charge in [-0.1, -0.05) is 69.3 Å². The molecule has 0 atom stereocenters. The molecule has 0 unspecified atom stereocenters. The van der Waals surface area contributed by atoms with Crippen LogP contribution in [-0.4, -0.2) is 8.80 Å². The van der Waals surface area contributed by atoms with E-state index in [1.807, 2.05) is 0 Å². The summed E-state index contributed by atoms with van der Waals surface area (Å²) >= 11 is 0. The maximum absolute atomic E-state index is 14.8. The van der Waals surface area contributed by atoms with Crippen LogP contribution in [0.1, 0.15) is 76.2 Å². The Morgan fingerprint density at radius 2 is 1.34 bits per heavy atom. The van der Waals surface area contributed by atoms with E-state index in [1.165, 1.54) is 81.3 Å². The largest absolute Gasteiger partial charge is 0.207 e. The molecule has 1 heterocycles. The number of rotatable bonds is 7. The molecule has 0 nitrogen and oxygen atoms in total.